The standard InChI is InChI=1S/C15H31NO/c1-6-15(7-2)12-13(8-11-17-15)16-10-9-14(3,4)5/h13,16H,6-12H2,1-5H3. The summed E-state index contributed by atoms with van der Waals surface area (Å²) in [6, 6.07) is 0.658. The maximum absolute atomic E-state index is 6.00. The lowest BCUT2D eigenvalue weighted by Crippen LogP contribution is -2.47. The summed E-state index contributed by atoms with van der Waals surface area (Å²) in [6.07, 6.45) is 5.88. The van der Waals surface area contributed by atoms with Gasteiger partial charge in [-0.1, -0.05) is 34.6 Å². The molecule has 1 saturated heterocycles. The monoisotopic (exact) mass is 241 g/mol. The molecule has 102 valence electrons. The Hall–Kier alpha value is -0.0800. The van der Waals surface area contributed by atoms with Gasteiger partial charge in [0.05, 0.1) is 5.60 Å². The summed E-state index contributed by atoms with van der Waals surface area (Å²) in [5.74, 6) is 0. The first-order valence-corrected chi connectivity index (χ1v) is 7.28. The maximum Gasteiger partial charge on any atom is 0.0692 e. The van der Waals surface area contributed by atoms with Crippen LogP contribution in [0.3, 0.4) is 0 Å². The Morgan fingerprint density at radius 1 is 1.24 bits per heavy atom. The summed E-state index contributed by atoms with van der Waals surface area (Å²) in [6.45, 7) is 13.5. The summed E-state index contributed by atoms with van der Waals surface area (Å²) in [4.78, 5) is 0. The molecule has 0 bridgehead atoms. The fraction of sp³-hybridized carbons (Fsp3) is 1.00. The molecular formula is C15H31NO. The van der Waals surface area contributed by atoms with Crippen LogP contribution in [0.15, 0.2) is 0 Å². The van der Waals surface area contributed by atoms with E-state index >= 15 is 0 Å². The van der Waals surface area contributed by atoms with Crippen molar-refractivity contribution in [3.8, 4) is 0 Å². The van der Waals surface area contributed by atoms with Crippen LogP contribution in [0.4, 0.5) is 0 Å². The van der Waals surface area contributed by atoms with Gasteiger partial charge in [0.15, 0.2) is 0 Å². The van der Waals surface area contributed by atoms with Crippen LogP contribution in [-0.4, -0.2) is 24.8 Å². The Labute approximate surface area is 108 Å². The smallest absolute Gasteiger partial charge is 0.0692 e. The van der Waals surface area contributed by atoms with Crippen LogP contribution < -0.4 is 5.32 Å². The lowest BCUT2D eigenvalue weighted by atomic mass is 9.85. The van der Waals surface area contributed by atoms with Crippen molar-refractivity contribution in [2.75, 3.05) is 13.2 Å². The molecule has 1 unspecified atom stereocenters. The van der Waals surface area contributed by atoms with Crippen LogP contribution in [0.1, 0.15) is 66.7 Å². The number of hydrogen-bond donors (Lipinski definition) is 1. The molecule has 17 heavy (non-hydrogen) atoms. The van der Waals surface area contributed by atoms with E-state index in [1.807, 2.05) is 0 Å². The first-order valence-electron chi connectivity index (χ1n) is 7.28. The Bertz CT molecular complexity index is 215. The van der Waals surface area contributed by atoms with Gasteiger partial charge in [0.25, 0.3) is 0 Å². The van der Waals surface area contributed by atoms with Crippen molar-refractivity contribution in [2.45, 2.75) is 78.4 Å². The average molecular weight is 241 g/mol. The molecular weight excluding hydrogens is 210 g/mol. The average Bonchev–Trinajstić information content (AvgIpc) is 2.27. The number of nitrogens with one attached hydrogen (secondary N) is 1. The van der Waals surface area contributed by atoms with E-state index in [1.54, 1.807) is 0 Å². The minimum atomic E-state index is 0.150. The van der Waals surface area contributed by atoms with Crippen molar-refractivity contribution in [3.05, 3.63) is 0 Å². The van der Waals surface area contributed by atoms with Crippen LogP contribution >= 0.6 is 0 Å². The van der Waals surface area contributed by atoms with Crippen molar-refractivity contribution < 1.29 is 4.74 Å². The Balaban J connectivity index is 2.35. The molecule has 0 aliphatic carbocycles. The quantitative estimate of drug-likeness (QED) is 0.791. The molecule has 0 amide bonds. The van der Waals surface area contributed by atoms with E-state index in [4.69, 9.17) is 4.74 Å². The molecule has 2 nitrogen and oxygen atoms in total. The van der Waals surface area contributed by atoms with Crippen molar-refractivity contribution in [1.82, 2.24) is 5.32 Å². The van der Waals surface area contributed by atoms with Crippen LogP contribution in [0.25, 0.3) is 0 Å². The molecule has 1 fully saturated rings. The predicted molar refractivity (Wildman–Crippen MR) is 74.4 cm³/mol. The Kier molecular flexibility index (Phi) is 5.46. The SMILES string of the molecule is CCC1(CC)CC(NCCC(C)(C)C)CCO1. The van der Waals surface area contributed by atoms with E-state index in [9.17, 15) is 0 Å². The minimum Gasteiger partial charge on any atom is -0.375 e. The van der Waals surface area contributed by atoms with E-state index in [-0.39, 0.29) is 5.60 Å². The fourth-order valence-electron chi connectivity index (χ4n) is 2.60. The van der Waals surface area contributed by atoms with Gasteiger partial charge in [0.2, 0.25) is 0 Å². The van der Waals surface area contributed by atoms with E-state index < -0.39 is 0 Å². The summed E-state index contributed by atoms with van der Waals surface area (Å²) in [7, 11) is 0. The van der Waals surface area contributed by atoms with E-state index in [0.29, 0.717) is 11.5 Å². The lowest BCUT2D eigenvalue weighted by molar-refractivity contribution is -0.0931. The first-order chi connectivity index (χ1) is 7.91. The molecule has 1 N–H and O–H groups in total. The molecule has 0 spiro atoms. The molecule has 1 aliphatic rings. The third-order valence-corrected chi connectivity index (χ3v) is 4.09. The van der Waals surface area contributed by atoms with Gasteiger partial charge < -0.3 is 10.1 Å². The highest BCUT2D eigenvalue weighted by atomic mass is 16.5. The minimum absolute atomic E-state index is 0.150. The highest BCUT2D eigenvalue weighted by molar-refractivity contribution is 4.88. The van der Waals surface area contributed by atoms with Crippen LogP contribution in [-0.2, 0) is 4.74 Å². The molecule has 1 heterocycles. The molecule has 1 aliphatic heterocycles. The second-order valence-corrected chi connectivity index (χ2v) is 6.69. The van der Waals surface area contributed by atoms with Gasteiger partial charge in [0.1, 0.15) is 0 Å². The van der Waals surface area contributed by atoms with Gasteiger partial charge in [-0.25, -0.2) is 0 Å². The number of ether oxygens (including phenoxy) is 1. The van der Waals surface area contributed by atoms with Gasteiger partial charge in [-0.2, -0.15) is 0 Å². The second-order valence-electron chi connectivity index (χ2n) is 6.69. The van der Waals surface area contributed by atoms with Gasteiger partial charge in [-0.15, -0.1) is 0 Å². The molecule has 2 heteroatoms. The zero-order valence-corrected chi connectivity index (χ0v) is 12.4. The summed E-state index contributed by atoms with van der Waals surface area (Å²) in [5, 5.41) is 3.72. The number of hydrogen-bond acceptors (Lipinski definition) is 2. The van der Waals surface area contributed by atoms with E-state index in [2.05, 4.69) is 39.9 Å². The molecule has 0 radical (unpaired) electrons. The van der Waals surface area contributed by atoms with Crippen molar-refractivity contribution in [1.29, 1.82) is 0 Å². The van der Waals surface area contributed by atoms with Gasteiger partial charge in [0, 0.05) is 12.6 Å². The molecule has 1 rings (SSSR count). The molecule has 0 aromatic carbocycles. The van der Waals surface area contributed by atoms with E-state index in [0.717, 1.165) is 26.0 Å². The molecule has 0 saturated carbocycles. The van der Waals surface area contributed by atoms with Crippen LogP contribution in [0.5, 0.6) is 0 Å². The normalized spacial score (nSPS) is 24.9. The highest BCUT2D eigenvalue weighted by Gasteiger charge is 2.34. The molecule has 1 atom stereocenters. The molecule has 0 aromatic heterocycles. The van der Waals surface area contributed by atoms with Crippen molar-refractivity contribution >= 4 is 0 Å². The van der Waals surface area contributed by atoms with Gasteiger partial charge in [-0.3, -0.25) is 0 Å². The Morgan fingerprint density at radius 3 is 2.41 bits per heavy atom. The van der Waals surface area contributed by atoms with E-state index in [1.165, 1.54) is 19.3 Å². The summed E-state index contributed by atoms with van der Waals surface area (Å²) < 4.78 is 6.00. The maximum atomic E-state index is 6.00. The van der Waals surface area contributed by atoms with Crippen LogP contribution in [0.2, 0.25) is 0 Å². The lowest BCUT2D eigenvalue weighted by Gasteiger charge is -2.40. The second kappa shape index (κ2) is 6.19. The van der Waals surface area contributed by atoms with Gasteiger partial charge >= 0.3 is 0 Å². The van der Waals surface area contributed by atoms with Crippen LogP contribution in [0, 0.1) is 5.41 Å². The zero-order chi connectivity index (χ0) is 12.9. The zero-order valence-electron chi connectivity index (χ0n) is 12.4. The summed E-state index contributed by atoms with van der Waals surface area (Å²) in [5.41, 5.74) is 0.586. The van der Waals surface area contributed by atoms with Gasteiger partial charge in [-0.05, 0) is 44.1 Å². The number of rotatable bonds is 5. The fourth-order valence-corrected chi connectivity index (χ4v) is 2.60. The molecule has 0 aromatic rings. The van der Waals surface area contributed by atoms with Crippen molar-refractivity contribution in [2.24, 2.45) is 5.41 Å². The predicted octanol–water partition coefficient (Wildman–Crippen LogP) is 3.75. The Morgan fingerprint density at radius 2 is 1.88 bits per heavy atom. The largest absolute Gasteiger partial charge is 0.375 e. The van der Waals surface area contributed by atoms with Crippen molar-refractivity contribution in [3.63, 3.8) is 0 Å². The third kappa shape index (κ3) is 4.97. The third-order valence-electron chi connectivity index (χ3n) is 4.09. The summed E-state index contributed by atoms with van der Waals surface area (Å²) >= 11 is 0. The topological polar surface area (TPSA) is 21.3 Å². The first kappa shape index (κ1) is 15.0. The highest BCUT2D eigenvalue weighted by Crippen LogP contribution is 2.31.